The monoisotopic (exact) mass is 244 g/mol. The van der Waals surface area contributed by atoms with Crippen LogP contribution in [0.4, 0.5) is 5.69 Å². The lowest BCUT2D eigenvalue weighted by molar-refractivity contribution is 1.39. The second kappa shape index (κ2) is 4.83. The van der Waals surface area contributed by atoms with E-state index in [9.17, 15) is 0 Å². The number of nitrogens with zero attached hydrogens (tertiary/aromatic N) is 1. The van der Waals surface area contributed by atoms with E-state index in [1.165, 1.54) is 0 Å². The first-order valence-corrected chi connectivity index (χ1v) is 6.05. The van der Waals surface area contributed by atoms with E-state index in [1.54, 1.807) is 6.20 Å². The van der Waals surface area contributed by atoms with Crippen molar-refractivity contribution < 1.29 is 0 Å². The Morgan fingerprint density at radius 2 is 1.58 bits per heavy atom. The predicted octanol–water partition coefficient (Wildman–Crippen LogP) is 3.22. The van der Waals surface area contributed by atoms with E-state index >= 15 is 0 Å². The standard InChI is InChI=1S/C17H12N2/c18-17-14(11-10-13-6-2-1-3-7-13)12-19-16-9-5-4-8-15(16)17/h1-9,12H,(H2,18,19). The van der Waals surface area contributed by atoms with E-state index in [0.717, 1.165) is 22.0 Å². The molecule has 0 saturated heterocycles. The molecule has 3 rings (SSSR count). The number of anilines is 1. The highest BCUT2D eigenvalue weighted by Crippen LogP contribution is 2.21. The fourth-order valence-corrected chi connectivity index (χ4v) is 1.92. The van der Waals surface area contributed by atoms with Gasteiger partial charge in [0.2, 0.25) is 0 Å². The SMILES string of the molecule is Nc1c(C#Cc2ccccc2)cnc2ccccc12. The maximum atomic E-state index is 6.14. The molecule has 0 saturated carbocycles. The molecule has 0 aliphatic heterocycles. The van der Waals surface area contributed by atoms with E-state index in [4.69, 9.17) is 5.73 Å². The van der Waals surface area contributed by atoms with Gasteiger partial charge in [-0.2, -0.15) is 0 Å². The van der Waals surface area contributed by atoms with Gasteiger partial charge in [0, 0.05) is 17.1 Å². The molecule has 2 heteroatoms. The molecule has 0 amide bonds. The van der Waals surface area contributed by atoms with Crippen molar-refractivity contribution in [3.8, 4) is 11.8 Å². The first-order valence-electron chi connectivity index (χ1n) is 6.05. The third-order valence-corrected chi connectivity index (χ3v) is 2.93. The van der Waals surface area contributed by atoms with Gasteiger partial charge in [0.15, 0.2) is 0 Å². The predicted molar refractivity (Wildman–Crippen MR) is 78.6 cm³/mol. The Labute approximate surface area is 111 Å². The van der Waals surface area contributed by atoms with Crippen LogP contribution in [0.15, 0.2) is 60.8 Å². The van der Waals surface area contributed by atoms with Gasteiger partial charge < -0.3 is 5.73 Å². The summed E-state index contributed by atoms with van der Waals surface area (Å²) in [6.07, 6.45) is 1.73. The number of nitrogen functional groups attached to an aromatic ring is 1. The number of nitrogens with two attached hydrogens (primary N) is 1. The number of rotatable bonds is 0. The summed E-state index contributed by atoms with van der Waals surface area (Å²) < 4.78 is 0. The molecular formula is C17H12N2. The zero-order chi connectivity index (χ0) is 13.1. The largest absolute Gasteiger partial charge is 0.397 e. The van der Waals surface area contributed by atoms with Gasteiger partial charge in [0.05, 0.1) is 16.8 Å². The first-order chi connectivity index (χ1) is 9.34. The van der Waals surface area contributed by atoms with Gasteiger partial charge in [-0.05, 0) is 18.2 Å². The molecule has 0 fully saturated rings. The van der Waals surface area contributed by atoms with Gasteiger partial charge in [-0.15, -0.1) is 0 Å². The second-order valence-electron chi connectivity index (χ2n) is 4.22. The van der Waals surface area contributed by atoms with Gasteiger partial charge in [-0.1, -0.05) is 48.2 Å². The Bertz CT molecular complexity index is 780. The summed E-state index contributed by atoms with van der Waals surface area (Å²) in [6, 6.07) is 17.6. The molecule has 2 aromatic carbocycles. The van der Waals surface area contributed by atoms with E-state index in [0.29, 0.717) is 5.69 Å². The van der Waals surface area contributed by atoms with Crippen LogP contribution >= 0.6 is 0 Å². The number of hydrogen-bond donors (Lipinski definition) is 1. The topological polar surface area (TPSA) is 38.9 Å². The number of fused-ring (bicyclic) bond motifs is 1. The molecule has 0 unspecified atom stereocenters. The molecule has 90 valence electrons. The molecule has 2 N–H and O–H groups in total. The van der Waals surface area contributed by atoms with E-state index < -0.39 is 0 Å². The lowest BCUT2D eigenvalue weighted by Gasteiger charge is -2.02. The van der Waals surface area contributed by atoms with Crippen molar-refractivity contribution in [2.24, 2.45) is 0 Å². The zero-order valence-electron chi connectivity index (χ0n) is 10.3. The van der Waals surface area contributed by atoms with Crippen LogP contribution < -0.4 is 5.73 Å². The van der Waals surface area contributed by atoms with Crippen molar-refractivity contribution in [3.05, 3.63) is 71.9 Å². The molecule has 0 bridgehead atoms. The summed E-state index contributed by atoms with van der Waals surface area (Å²) in [7, 11) is 0. The third-order valence-electron chi connectivity index (χ3n) is 2.93. The third kappa shape index (κ3) is 2.27. The maximum absolute atomic E-state index is 6.14. The van der Waals surface area contributed by atoms with E-state index in [1.807, 2.05) is 54.6 Å². The zero-order valence-corrected chi connectivity index (χ0v) is 10.3. The van der Waals surface area contributed by atoms with E-state index in [2.05, 4.69) is 16.8 Å². The van der Waals surface area contributed by atoms with Gasteiger partial charge in [0.1, 0.15) is 0 Å². The van der Waals surface area contributed by atoms with Crippen LogP contribution in [0.25, 0.3) is 10.9 Å². The van der Waals surface area contributed by atoms with Crippen LogP contribution in [0.1, 0.15) is 11.1 Å². The average molecular weight is 244 g/mol. The fraction of sp³-hybridized carbons (Fsp3) is 0. The summed E-state index contributed by atoms with van der Waals surface area (Å²) in [5.41, 5.74) is 9.46. The van der Waals surface area contributed by atoms with Crippen LogP contribution in [-0.2, 0) is 0 Å². The number of aromatic nitrogens is 1. The molecule has 1 aromatic heterocycles. The number of para-hydroxylation sites is 1. The number of hydrogen-bond acceptors (Lipinski definition) is 2. The minimum atomic E-state index is 0.689. The molecular weight excluding hydrogens is 232 g/mol. The second-order valence-corrected chi connectivity index (χ2v) is 4.22. The highest BCUT2D eigenvalue weighted by atomic mass is 14.7. The highest BCUT2D eigenvalue weighted by Gasteiger charge is 2.02. The molecule has 19 heavy (non-hydrogen) atoms. The van der Waals surface area contributed by atoms with Crippen LogP contribution in [-0.4, -0.2) is 4.98 Å². The van der Waals surface area contributed by atoms with Gasteiger partial charge in [0.25, 0.3) is 0 Å². The molecule has 0 radical (unpaired) electrons. The summed E-state index contributed by atoms with van der Waals surface area (Å²) in [6.45, 7) is 0. The average Bonchev–Trinajstić information content (AvgIpc) is 2.48. The van der Waals surface area contributed by atoms with Gasteiger partial charge >= 0.3 is 0 Å². The molecule has 0 aliphatic carbocycles. The van der Waals surface area contributed by atoms with Gasteiger partial charge in [-0.3, -0.25) is 4.98 Å². The fourth-order valence-electron chi connectivity index (χ4n) is 1.92. The highest BCUT2D eigenvalue weighted by molar-refractivity contribution is 5.92. The van der Waals surface area contributed by atoms with Crippen molar-refractivity contribution in [2.75, 3.05) is 5.73 Å². The molecule has 0 atom stereocenters. The summed E-state index contributed by atoms with van der Waals surface area (Å²) in [5.74, 6) is 6.18. The number of pyridine rings is 1. The first kappa shape index (κ1) is 11.3. The van der Waals surface area contributed by atoms with Crippen LogP contribution in [0, 0.1) is 11.8 Å². The Balaban J connectivity index is 2.08. The van der Waals surface area contributed by atoms with E-state index in [-0.39, 0.29) is 0 Å². The quantitative estimate of drug-likeness (QED) is 0.617. The summed E-state index contributed by atoms with van der Waals surface area (Å²) in [5, 5.41) is 0.947. The van der Waals surface area contributed by atoms with Crippen LogP contribution in [0.2, 0.25) is 0 Å². The van der Waals surface area contributed by atoms with Crippen molar-refractivity contribution in [1.29, 1.82) is 0 Å². The maximum Gasteiger partial charge on any atom is 0.0723 e. The minimum Gasteiger partial charge on any atom is -0.397 e. The Hall–Kier alpha value is -2.79. The van der Waals surface area contributed by atoms with Crippen molar-refractivity contribution >= 4 is 16.6 Å². The smallest absolute Gasteiger partial charge is 0.0723 e. The molecule has 2 nitrogen and oxygen atoms in total. The number of benzene rings is 2. The van der Waals surface area contributed by atoms with Crippen molar-refractivity contribution in [1.82, 2.24) is 4.98 Å². The lowest BCUT2D eigenvalue weighted by Crippen LogP contribution is -1.94. The Morgan fingerprint density at radius 3 is 2.42 bits per heavy atom. The van der Waals surface area contributed by atoms with Crippen molar-refractivity contribution in [2.45, 2.75) is 0 Å². The van der Waals surface area contributed by atoms with Crippen LogP contribution in [0.3, 0.4) is 0 Å². The van der Waals surface area contributed by atoms with Gasteiger partial charge in [-0.25, -0.2) is 0 Å². The Kier molecular flexibility index (Phi) is 2.88. The van der Waals surface area contributed by atoms with Crippen LogP contribution in [0.5, 0.6) is 0 Å². The van der Waals surface area contributed by atoms with Crippen molar-refractivity contribution in [3.63, 3.8) is 0 Å². The molecule has 1 heterocycles. The molecule has 3 aromatic rings. The minimum absolute atomic E-state index is 0.689. The summed E-state index contributed by atoms with van der Waals surface area (Å²) >= 11 is 0. The molecule has 0 aliphatic rings. The lowest BCUT2D eigenvalue weighted by atomic mass is 10.1. The normalized spacial score (nSPS) is 9.89. The molecule has 0 spiro atoms. The summed E-state index contributed by atoms with van der Waals surface area (Å²) in [4.78, 5) is 4.37. The Morgan fingerprint density at radius 1 is 0.842 bits per heavy atom.